The van der Waals surface area contributed by atoms with Crippen molar-refractivity contribution in [1.29, 1.82) is 0 Å². The molecule has 6 heteroatoms. The lowest BCUT2D eigenvalue weighted by Gasteiger charge is -2.42. The number of piperazine rings is 1. The largest absolute Gasteiger partial charge is 0.453 e. The van der Waals surface area contributed by atoms with Crippen molar-refractivity contribution in [2.45, 2.75) is 32.6 Å². The van der Waals surface area contributed by atoms with Gasteiger partial charge in [-0.3, -0.25) is 4.79 Å². The molecule has 2 fully saturated rings. The van der Waals surface area contributed by atoms with Crippen LogP contribution in [0.3, 0.4) is 0 Å². The van der Waals surface area contributed by atoms with E-state index in [1.54, 1.807) is 4.90 Å². The standard InChI is InChI=1S/C15H27N3O3/c1-3-4-15(5-7-16-8-6-15)13(19)17-9-11-18(12-10-17)14(20)21-2/h16H,3-12H2,1-2H3. The van der Waals surface area contributed by atoms with Gasteiger partial charge >= 0.3 is 6.09 Å². The number of hydrogen-bond acceptors (Lipinski definition) is 4. The van der Waals surface area contributed by atoms with Gasteiger partial charge in [0.1, 0.15) is 0 Å². The minimum Gasteiger partial charge on any atom is -0.453 e. The molecule has 0 atom stereocenters. The van der Waals surface area contributed by atoms with Crippen LogP contribution < -0.4 is 5.32 Å². The van der Waals surface area contributed by atoms with Gasteiger partial charge in [0, 0.05) is 26.2 Å². The fraction of sp³-hybridized carbons (Fsp3) is 0.867. The molecule has 0 aromatic rings. The predicted octanol–water partition coefficient (Wildman–Crippen LogP) is 1.07. The van der Waals surface area contributed by atoms with E-state index < -0.39 is 0 Å². The van der Waals surface area contributed by atoms with Crippen molar-refractivity contribution in [2.24, 2.45) is 5.41 Å². The summed E-state index contributed by atoms with van der Waals surface area (Å²) in [5.74, 6) is 0.287. The highest BCUT2D eigenvalue weighted by molar-refractivity contribution is 5.83. The van der Waals surface area contributed by atoms with Gasteiger partial charge in [0.25, 0.3) is 0 Å². The number of hydrogen-bond donors (Lipinski definition) is 1. The molecule has 0 aliphatic carbocycles. The number of nitrogens with zero attached hydrogens (tertiary/aromatic N) is 2. The average molecular weight is 297 g/mol. The third kappa shape index (κ3) is 3.48. The first-order valence-corrected chi connectivity index (χ1v) is 7.96. The van der Waals surface area contributed by atoms with Crippen molar-refractivity contribution >= 4 is 12.0 Å². The maximum atomic E-state index is 13.0. The molecule has 2 aliphatic heterocycles. The van der Waals surface area contributed by atoms with E-state index in [0.717, 1.165) is 38.8 Å². The molecule has 6 nitrogen and oxygen atoms in total. The molecule has 21 heavy (non-hydrogen) atoms. The highest BCUT2D eigenvalue weighted by Crippen LogP contribution is 2.36. The smallest absolute Gasteiger partial charge is 0.409 e. The first-order valence-electron chi connectivity index (χ1n) is 7.96. The summed E-state index contributed by atoms with van der Waals surface area (Å²) in [7, 11) is 1.39. The van der Waals surface area contributed by atoms with Crippen LogP contribution in [-0.2, 0) is 9.53 Å². The summed E-state index contributed by atoms with van der Waals surface area (Å²) in [5.41, 5.74) is -0.187. The molecule has 0 aromatic carbocycles. The Morgan fingerprint density at radius 3 is 2.19 bits per heavy atom. The number of nitrogens with one attached hydrogen (secondary N) is 1. The lowest BCUT2D eigenvalue weighted by atomic mass is 9.74. The van der Waals surface area contributed by atoms with E-state index in [2.05, 4.69) is 12.2 Å². The molecule has 2 aliphatic rings. The summed E-state index contributed by atoms with van der Waals surface area (Å²) in [5, 5.41) is 3.35. The minimum atomic E-state index is -0.299. The number of amides is 2. The predicted molar refractivity (Wildman–Crippen MR) is 80.0 cm³/mol. The second-order valence-electron chi connectivity index (χ2n) is 6.03. The number of rotatable bonds is 3. The van der Waals surface area contributed by atoms with Gasteiger partial charge in [0.2, 0.25) is 5.91 Å². The van der Waals surface area contributed by atoms with Crippen LogP contribution in [-0.4, -0.2) is 68.2 Å². The number of methoxy groups -OCH3 is 1. The van der Waals surface area contributed by atoms with Crippen LogP contribution in [0.5, 0.6) is 0 Å². The molecule has 0 aromatic heterocycles. The summed E-state index contributed by atoms with van der Waals surface area (Å²) in [6.07, 6.45) is 3.55. The Labute approximate surface area is 126 Å². The molecule has 2 heterocycles. The molecule has 0 spiro atoms. The molecule has 0 bridgehead atoms. The normalized spacial score (nSPS) is 22.0. The number of carbonyl (C=O) groups excluding carboxylic acids is 2. The average Bonchev–Trinajstić information content (AvgIpc) is 2.54. The molecule has 2 rings (SSSR count). The molecule has 120 valence electrons. The van der Waals surface area contributed by atoms with Crippen LogP contribution in [0.2, 0.25) is 0 Å². The molecule has 2 amide bonds. The van der Waals surface area contributed by atoms with Gasteiger partial charge in [-0.15, -0.1) is 0 Å². The van der Waals surface area contributed by atoms with Gasteiger partial charge in [-0.2, -0.15) is 0 Å². The fourth-order valence-electron chi connectivity index (χ4n) is 3.51. The van der Waals surface area contributed by atoms with E-state index in [1.165, 1.54) is 7.11 Å². The van der Waals surface area contributed by atoms with Crippen molar-refractivity contribution < 1.29 is 14.3 Å². The maximum Gasteiger partial charge on any atom is 0.409 e. The Bertz CT molecular complexity index is 367. The van der Waals surface area contributed by atoms with E-state index >= 15 is 0 Å². The SMILES string of the molecule is CCCC1(C(=O)N2CCN(C(=O)OC)CC2)CCNCC1. The van der Waals surface area contributed by atoms with Crippen LogP contribution >= 0.6 is 0 Å². The van der Waals surface area contributed by atoms with Crippen molar-refractivity contribution in [3.05, 3.63) is 0 Å². The Balaban J connectivity index is 1.97. The summed E-state index contributed by atoms with van der Waals surface area (Å²) < 4.78 is 4.74. The third-order valence-corrected chi connectivity index (χ3v) is 4.74. The summed E-state index contributed by atoms with van der Waals surface area (Å²) in [6, 6.07) is 0. The van der Waals surface area contributed by atoms with Gasteiger partial charge in [-0.25, -0.2) is 4.79 Å². The second-order valence-corrected chi connectivity index (χ2v) is 6.03. The highest BCUT2D eigenvalue weighted by Gasteiger charge is 2.42. The van der Waals surface area contributed by atoms with E-state index in [0.29, 0.717) is 26.2 Å². The maximum absolute atomic E-state index is 13.0. The van der Waals surface area contributed by atoms with Crippen molar-refractivity contribution in [3.8, 4) is 0 Å². The van der Waals surface area contributed by atoms with Gasteiger partial charge in [0.15, 0.2) is 0 Å². The lowest BCUT2D eigenvalue weighted by Crippen LogP contribution is -2.56. The fourth-order valence-corrected chi connectivity index (χ4v) is 3.51. The zero-order valence-corrected chi connectivity index (χ0v) is 13.2. The number of piperidine rings is 1. The quantitative estimate of drug-likeness (QED) is 0.846. The zero-order valence-electron chi connectivity index (χ0n) is 13.2. The zero-order chi connectivity index (χ0) is 15.3. The molecular formula is C15H27N3O3. The van der Waals surface area contributed by atoms with Crippen LogP contribution in [0.15, 0.2) is 0 Å². The van der Waals surface area contributed by atoms with Crippen molar-refractivity contribution in [1.82, 2.24) is 15.1 Å². The monoisotopic (exact) mass is 297 g/mol. The van der Waals surface area contributed by atoms with E-state index in [-0.39, 0.29) is 17.4 Å². The Kier molecular flexibility index (Phi) is 5.45. The minimum absolute atomic E-state index is 0.187. The van der Waals surface area contributed by atoms with Gasteiger partial charge < -0.3 is 19.9 Å². The topological polar surface area (TPSA) is 61.9 Å². The van der Waals surface area contributed by atoms with E-state index in [1.807, 2.05) is 4.90 Å². The Morgan fingerprint density at radius 2 is 1.67 bits per heavy atom. The van der Waals surface area contributed by atoms with E-state index in [4.69, 9.17) is 4.74 Å². The molecule has 0 unspecified atom stereocenters. The lowest BCUT2D eigenvalue weighted by molar-refractivity contribution is -0.146. The first-order chi connectivity index (χ1) is 10.1. The van der Waals surface area contributed by atoms with Crippen LogP contribution in [0, 0.1) is 5.41 Å². The van der Waals surface area contributed by atoms with Crippen LogP contribution in [0.4, 0.5) is 4.79 Å². The molecule has 0 saturated carbocycles. The first kappa shape index (κ1) is 16.1. The van der Waals surface area contributed by atoms with E-state index in [9.17, 15) is 9.59 Å². The Morgan fingerprint density at radius 1 is 1.10 bits per heavy atom. The summed E-state index contributed by atoms with van der Waals surface area (Å²) >= 11 is 0. The third-order valence-electron chi connectivity index (χ3n) is 4.74. The molecular weight excluding hydrogens is 270 g/mol. The van der Waals surface area contributed by atoms with Crippen LogP contribution in [0.1, 0.15) is 32.6 Å². The van der Waals surface area contributed by atoms with Crippen LogP contribution in [0.25, 0.3) is 0 Å². The number of carbonyl (C=O) groups is 2. The molecule has 1 N–H and O–H groups in total. The highest BCUT2D eigenvalue weighted by atomic mass is 16.5. The number of ether oxygens (including phenoxy) is 1. The summed E-state index contributed by atoms with van der Waals surface area (Å²) in [4.78, 5) is 28.1. The van der Waals surface area contributed by atoms with Crippen molar-refractivity contribution in [3.63, 3.8) is 0 Å². The van der Waals surface area contributed by atoms with Crippen molar-refractivity contribution in [2.75, 3.05) is 46.4 Å². The molecule has 2 saturated heterocycles. The molecule has 0 radical (unpaired) electrons. The summed E-state index contributed by atoms with van der Waals surface area (Å²) in [6.45, 7) is 6.37. The second kappa shape index (κ2) is 7.11. The van der Waals surface area contributed by atoms with Gasteiger partial charge in [0.05, 0.1) is 12.5 Å². The Hall–Kier alpha value is -1.30. The van der Waals surface area contributed by atoms with Gasteiger partial charge in [-0.05, 0) is 32.4 Å². The van der Waals surface area contributed by atoms with Gasteiger partial charge in [-0.1, -0.05) is 13.3 Å².